The standard InChI is InChI=1S/C14H15ClN2O2/c1-10(18)11-6-7-17(8-11)9-14(19)16-13-5-3-2-4-12(13)15/h2-8,10,18H,9H2,1H3,(H,16,19). The molecule has 0 spiro atoms. The molecule has 1 heterocycles. The zero-order chi connectivity index (χ0) is 13.8. The van der Waals surface area contributed by atoms with Crippen LogP contribution < -0.4 is 5.32 Å². The number of nitrogens with zero attached hydrogens (tertiary/aromatic N) is 1. The highest BCUT2D eigenvalue weighted by Crippen LogP contribution is 2.20. The molecule has 0 bridgehead atoms. The summed E-state index contributed by atoms with van der Waals surface area (Å²) in [6, 6.07) is 8.87. The summed E-state index contributed by atoms with van der Waals surface area (Å²) in [6.45, 7) is 1.86. The molecule has 0 saturated carbocycles. The van der Waals surface area contributed by atoms with Crippen LogP contribution in [0.4, 0.5) is 5.69 Å². The minimum atomic E-state index is -0.534. The van der Waals surface area contributed by atoms with Gasteiger partial charge in [0, 0.05) is 12.4 Å². The van der Waals surface area contributed by atoms with E-state index in [0.29, 0.717) is 10.7 Å². The molecule has 1 amide bonds. The molecule has 0 aliphatic rings. The Hall–Kier alpha value is -1.78. The number of benzene rings is 1. The van der Waals surface area contributed by atoms with Crippen molar-refractivity contribution in [3.05, 3.63) is 53.3 Å². The van der Waals surface area contributed by atoms with Crippen LogP contribution >= 0.6 is 11.6 Å². The van der Waals surface area contributed by atoms with Crippen LogP contribution in [0, 0.1) is 0 Å². The van der Waals surface area contributed by atoms with Gasteiger partial charge < -0.3 is 15.0 Å². The third-order valence-corrected chi connectivity index (χ3v) is 3.06. The van der Waals surface area contributed by atoms with Crippen molar-refractivity contribution < 1.29 is 9.90 Å². The zero-order valence-corrected chi connectivity index (χ0v) is 11.3. The van der Waals surface area contributed by atoms with Gasteiger partial charge in [0.2, 0.25) is 5.91 Å². The summed E-state index contributed by atoms with van der Waals surface area (Å²) in [7, 11) is 0. The van der Waals surface area contributed by atoms with Crippen molar-refractivity contribution in [3.8, 4) is 0 Å². The number of aliphatic hydroxyl groups excluding tert-OH is 1. The van der Waals surface area contributed by atoms with E-state index >= 15 is 0 Å². The van der Waals surface area contributed by atoms with Crippen molar-refractivity contribution in [1.82, 2.24) is 4.57 Å². The summed E-state index contributed by atoms with van der Waals surface area (Å²) in [5.41, 5.74) is 1.38. The monoisotopic (exact) mass is 278 g/mol. The van der Waals surface area contributed by atoms with E-state index in [1.165, 1.54) is 0 Å². The minimum Gasteiger partial charge on any atom is -0.389 e. The number of carbonyl (C=O) groups is 1. The van der Waals surface area contributed by atoms with Gasteiger partial charge in [-0.3, -0.25) is 4.79 Å². The number of hydrogen-bond donors (Lipinski definition) is 2. The van der Waals surface area contributed by atoms with Crippen LogP contribution in [0.5, 0.6) is 0 Å². The predicted molar refractivity (Wildman–Crippen MR) is 75.1 cm³/mol. The minimum absolute atomic E-state index is 0.166. The van der Waals surface area contributed by atoms with E-state index in [4.69, 9.17) is 11.6 Å². The van der Waals surface area contributed by atoms with Crippen LogP contribution in [0.15, 0.2) is 42.7 Å². The summed E-state index contributed by atoms with van der Waals surface area (Å²) in [4.78, 5) is 11.9. The van der Waals surface area contributed by atoms with Crippen molar-refractivity contribution >= 4 is 23.2 Å². The van der Waals surface area contributed by atoms with Gasteiger partial charge in [0.05, 0.1) is 16.8 Å². The lowest BCUT2D eigenvalue weighted by molar-refractivity contribution is -0.116. The summed E-state index contributed by atoms with van der Waals surface area (Å²) in [6.07, 6.45) is 2.97. The van der Waals surface area contributed by atoms with E-state index < -0.39 is 6.10 Å². The average molecular weight is 279 g/mol. The van der Waals surface area contributed by atoms with Crippen LogP contribution in [0.1, 0.15) is 18.6 Å². The topological polar surface area (TPSA) is 54.3 Å². The Labute approximate surface area is 116 Å². The largest absolute Gasteiger partial charge is 0.389 e. The summed E-state index contributed by atoms with van der Waals surface area (Å²) in [5, 5.41) is 12.7. The van der Waals surface area contributed by atoms with Gasteiger partial charge in [0.1, 0.15) is 6.54 Å². The van der Waals surface area contributed by atoms with E-state index in [1.807, 2.05) is 6.07 Å². The Balaban J connectivity index is 1.99. The van der Waals surface area contributed by atoms with Gasteiger partial charge in [-0.2, -0.15) is 0 Å². The van der Waals surface area contributed by atoms with Crippen molar-refractivity contribution in [3.63, 3.8) is 0 Å². The Morgan fingerprint density at radius 3 is 2.79 bits per heavy atom. The fourth-order valence-corrected chi connectivity index (χ4v) is 1.91. The van der Waals surface area contributed by atoms with E-state index in [-0.39, 0.29) is 12.5 Å². The third kappa shape index (κ3) is 3.59. The van der Waals surface area contributed by atoms with Gasteiger partial charge in [-0.1, -0.05) is 23.7 Å². The fourth-order valence-electron chi connectivity index (χ4n) is 1.72. The predicted octanol–water partition coefficient (Wildman–Crippen LogP) is 2.83. The van der Waals surface area contributed by atoms with Gasteiger partial charge >= 0.3 is 0 Å². The highest BCUT2D eigenvalue weighted by Gasteiger charge is 2.08. The summed E-state index contributed by atoms with van der Waals surface area (Å²) in [5.74, 6) is -0.166. The Morgan fingerprint density at radius 1 is 1.42 bits per heavy atom. The van der Waals surface area contributed by atoms with Gasteiger partial charge in [-0.15, -0.1) is 0 Å². The molecule has 1 unspecified atom stereocenters. The quantitative estimate of drug-likeness (QED) is 0.903. The SMILES string of the molecule is CC(O)c1ccn(CC(=O)Nc2ccccc2Cl)c1. The first kappa shape index (κ1) is 13.6. The number of aliphatic hydroxyl groups is 1. The van der Waals surface area contributed by atoms with Crippen LogP contribution in [0.25, 0.3) is 0 Å². The molecule has 19 heavy (non-hydrogen) atoms. The van der Waals surface area contributed by atoms with Gasteiger partial charge in [0.15, 0.2) is 0 Å². The second-order valence-corrected chi connectivity index (χ2v) is 4.73. The molecule has 2 rings (SSSR count). The molecule has 0 aliphatic heterocycles. The lowest BCUT2D eigenvalue weighted by Crippen LogP contribution is -2.18. The Bertz CT molecular complexity index is 578. The number of para-hydroxylation sites is 1. The first-order valence-corrected chi connectivity index (χ1v) is 6.32. The normalized spacial score (nSPS) is 12.2. The summed E-state index contributed by atoms with van der Waals surface area (Å²) < 4.78 is 1.72. The number of carbonyl (C=O) groups excluding carboxylic acids is 1. The van der Waals surface area contributed by atoms with Crippen molar-refractivity contribution in [2.24, 2.45) is 0 Å². The van der Waals surface area contributed by atoms with Gasteiger partial charge in [-0.25, -0.2) is 0 Å². The summed E-state index contributed by atoms with van der Waals surface area (Å²) >= 11 is 5.96. The lowest BCUT2D eigenvalue weighted by atomic mass is 10.2. The lowest BCUT2D eigenvalue weighted by Gasteiger charge is -2.07. The maximum Gasteiger partial charge on any atom is 0.244 e. The van der Waals surface area contributed by atoms with Gasteiger partial charge in [0.25, 0.3) is 0 Å². The van der Waals surface area contributed by atoms with Crippen LogP contribution in [-0.4, -0.2) is 15.6 Å². The molecule has 0 aliphatic carbocycles. The molecule has 1 aromatic carbocycles. The number of aromatic nitrogens is 1. The number of halogens is 1. The second kappa shape index (κ2) is 5.91. The maximum atomic E-state index is 11.9. The molecule has 1 atom stereocenters. The molecule has 100 valence electrons. The first-order chi connectivity index (χ1) is 9.06. The molecule has 0 saturated heterocycles. The molecular formula is C14H15ClN2O2. The number of hydrogen-bond acceptors (Lipinski definition) is 2. The van der Waals surface area contributed by atoms with Crippen LogP contribution in [0.3, 0.4) is 0 Å². The van der Waals surface area contributed by atoms with E-state index in [1.54, 1.807) is 48.1 Å². The highest BCUT2D eigenvalue weighted by atomic mass is 35.5. The highest BCUT2D eigenvalue weighted by molar-refractivity contribution is 6.33. The molecule has 0 radical (unpaired) electrons. The Kier molecular flexibility index (Phi) is 4.24. The Morgan fingerprint density at radius 2 is 2.16 bits per heavy atom. The molecule has 2 N–H and O–H groups in total. The zero-order valence-electron chi connectivity index (χ0n) is 10.5. The third-order valence-electron chi connectivity index (χ3n) is 2.73. The second-order valence-electron chi connectivity index (χ2n) is 4.32. The number of amides is 1. The fraction of sp³-hybridized carbons (Fsp3) is 0.214. The van der Waals surface area contributed by atoms with Crippen LogP contribution in [-0.2, 0) is 11.3 Å². The number of rotatable bonds is 4. The van der Waals surface area contributed by atoms with Crippen molar-refractivity contribution in [2.45, 2.75) is 19.6 Å². The molecule has 2 aromatic rings. The molecule has 4 nitrogen and oxygen atoms in total. The maximum absolute atomic E-state index is 11.9. The molecule has 5 heteroatoms. The molecule has 0 fully saturated rings. The van der Waals surface area contributed by atoms with Crippen LogP contribution in [0.2, 0.25) is 5.02 Å². The average Bonchev–Trinajstić information content (AvgIpc) is 2.80. The van der Waals surface area contributed by atoms with E-state index in [2.05, 4.69) is 5.32 Å². The molecular weight excluding hydrogens is 264 g/mol. The van der Waals surface area contributed by atoms with Crippen molar-refractivity contribution in [2.75, 3.05) is 5.32 Å². The van der Waals surface area contributed by atoms with E-state index in [9.17, 15) is 9.90 Å². The van der Waals surface area contributed by atoms with E-state index in [0.717, 1.165) is 5.56 Å². The number of nitrogens with one attached hydrogen (secondary N) is 1. The number of anilines is 1. The van der Waals surface area contributed by atoms with Crippen molar-refractivity contribution in [1.29, 1.82) is 0 Å². The first-order valence-electron chi connectivity index (χ1n) is 5.94. The molecule has 1 aromatic heterocycles. The van der Waals surface area contributed by atoms with Gasteiger partial charge in [-0.05, 0) is 30.7 Å². The smallest absolute Gasteiger partial charge is 0.244 e.